The number of hydrogen-bond acceptors (Lipinski definition) is 3. The monoisotopic (exact) mass is 204 g/mol. The lowest BCUT2D eigenvalue weighted by Crippen LogP contribution is -2.28. The quantitative estimate of drug-likeness (QED) is 0.742. The molecule has 0 aliphatic carbocycles. The van der Waals surface area contributed by atoms with Crippen molar-refractivity contribution in [2.24, 2.45) is 5.92 Å². The standard InChI is InChI=1S/C10H20O2S/c1-8(5-6-12-2)10(11)9-4-3-7-13-9/h8-11H,3-7H2,1-2H3. The molecule has 1 saturated heterocycles. The Balaban J connectivity index is 2.23. The summed E-state index contributed by atoms with van der Waals surface area (Å²) in [6.45, 7) is 2.87. The Kier molecular flexibility index (Phi) is 5.14. The Hall–Kier alpha value is 0.270. The van der Waals surface area contributed by atoms with E-state index >= 15 is 0 Å². The molecule has 0 amide bonds. The number of aliphatic hydroxyl groups is 1. The van der Waals surface area contributed by atoms with E-state index in [1.807, 2.05) is 11.8 Å². The zero-order valence-corrected chi connectivity index (χ0v) is 9.35. The van der Waals surface area contributed by atoms with Crippen molar-refractivity contribution in [1.82, 2.24) is 0 Å². The van der Waals surface area contributed by atoms with Gasteiger partial charge in [0.25, 0.3) is 0 Å². The van der Waals surface area contributed by atoms with Crippen LogP contribution in [0.2, 0.25) is 0 Å². The highest BCUT2D eigenvalue weighted by molar-refractivity contribution is 8.00. The second-order valence-corrected chi connectivity index (χ2v) is 5.15. The van der Waals surface area contributed by atoms with E-state index in [9.17, 15) is 5.11 Å². The Labute approximate surface area is 85.0 Å². The van der Waals surface area contributed by atoms with Crippen LogP contribution < -0.4 is 0 Å². The molecule has 0 aromatic rings. The van der Waals surface area contributed by atoms with Gasteiger partial charge in [-0.05, 0) is 30.9 Å². The van der Waals surface area contributed by atoms with Crippen molar-refractivity contribution in [3.05, 3.63) is 0 Å². The van der Waals surface area contributed by atoms with Gasteiger partial charge in [0.05, 0.1) is 6.10 Å². The van der Waals surface area contributed by atoms with Gasteiger partial charge in [0, 0.05) is 19.0 Å². The number of hydrogen-bond donors (Lipinski definition) is 1. The first-order chi connectivity index (χ1) is 6.25. The summed E-state index contributed by atoms with van der Waals surface area (Å²) >= 11 is 1.92. The maximum Gasteiger partial charge on any atom is 0.0685 e. The minimum atomic E-state index is -0.136. The summed E-state index contributed by atoms with van der Waals surface area (Å²) in [6.07, 6.45) is 3.28. The predicted molar refractivity (Wildman–Crippen MR) is 57.1 cm³/mol. The molecule has 1 aliphatic heterocycles. The molecule has 1 fully saturated rings. The van der Waals surface area contributed by atoms with E-state index in [0.29, 0.717) is 11.2 Å². The van der Waals surface area contributed by atoms with E-state index < -0.39 is 0 Å². The molecular formula is C10H20O2S. The first-order valence-corrected chi connectivity index (χ1v) is 6.09. The van der Waals surface area contributed by atoms with Crippen LogP contribution in [0.25, 0.3) is 0 Å². The molecule has 0 saturated carbocycles. The Morgan fingerprint density at radius 3 is 2.92 bits per heavy atom. The highest BCUT2D eigenvalue weighted by atomic mass is 32.2. The molecule has 0 spiro atoms. The van der Waals surface area contributed by atoms with Gasteiger partial charge < -0.3 is 9.84 Å². The zero-order chi connectivity index (χ0) is 9.68. The maximum absolute atomic E-state index is 9.97. The molecule has 0 radical (unpaired) electrons. The molecule has 1 rings (SSSR count). The summed E-state index contributed by atoms with van der Waals surface area (Å²) < 4.78 is 5.01. The highest BCUT2D eigenvalue weighted by Crippen LogP contribution is 2.32. The van der Waals surface area contributed by atoms with Gasteiger partial charge in [-0.3, -0.25) is 0 Å². The lowest BCUT2D eigenvalue weighted by atomic mass is 9.97. The summed E-state index contributed by atoms with van der Waals surface area (Å²) in [5, 5.41) is 10.4. The van der Waals surface area contributed by atoms with E-state index in [1.165, 1.54) is 18.6 Å². The fourth-order valence-electron chi connectivity index (χ4n) is 1.71. The highest BCUT2D eigenvalue weighted by Gasteiger charge is 2.27. The first kappa shape index (κ1) is 11.3. The molecule has 13 heavy (non-hydrogen) atoms. The van der Waals surface area contributed by atoms with E-state index in [0.717, 1.165) is 13.0 Å². The molecule has 3 heteroatoms. The van der Waals surface area contributed by atoms with Crippen molar-refractivity contribution in [3.63, 3.8) is 0 Å². The lowest BCUT2D eigenvalue weighted by molar-refractivity contribution is 0.0860. The third kappa shape index (κ3) is 3.49. The number of ether oxygens (including phenoxy) is 1. The zero-order valence-electron chi connectivity index (χ0n) is 8.53. The topological polar surface area (TPSA) is 29.5 Å². The number of thioether (sulfide) groups is 1. The van der Waals surface area contributed by atoms with E-state index in [4.69, 9.17) is 4.74 Å². The van der Waals surface area contributed by atoms with Crippen LogP contribution in [0.1, 0.15) is 26.2 Å². The van der Waals surface area contributed by atoms with Gasteiger partial charge >= 0.3 is 0 Å². The fourth-order valence-corrected chi connectivity index (χ4v) is 3.15. The molecule has 3 unspecified atom stereocenters. The summed E-state index contributed by atoms with van der Waals surface area (Å²) in [4.78, 5) is 0. The summed E-state index contributed by atoms with van der Waals surface area (Å²) in [5.74, 6) is 1.59. The lowest BCUT2D eigenvalue weighted by Gasteiger charge is -2.23. The fraction of sp³-hybridized carbons (Fsp3) is 1.00. The van der Waals surface area contributed by atoms with Gasteiger partial charge in [0.15, 0.2) is 0 Å². The van der Waals surface area contributed by atoms with Crippen LogP contribution in [0.15, 0.2) is 0 Å². The Morgan fingerprint density at radius 2 is 2.38 bits per heavy atom. The third-order valence-electron chi connectivity index (χ3n) is 2.71. The van der Waals surface area contributed by atoms with Gasteiger partial charge in [-0.2, -0.15) is 11.8 Å². The van der Waals surface area contributed by atoms with Crippen LogP contribution in [-0.2, 0) is 4.74 Å². The average molecular weight is 204 g/mol. The van der Waals surface area contributed by atoms with Crippen molar-refractivity contribution in [2.45, 2.75) is 37.5 Å². The second-order valence-electron chi connectivity index (χ2n) is 3.80. The predicted octanol–water partition coefficient (Wildman–Crippen LogP) is 1.92. The molecule has 1 N–H and O–H groups in total. The van der Waals surface area contributed by atoms with Gasteiger partial charge in [0.2, 0.25) is 0 Å². The van der Waals surface area contributed by atoms with Gasteiger partial charge in [-0.25, -0.2) is 0 Å². The van der Waals surface area contributed by atoms with Crippen molar-refractivity contribution < 1.29 is 9.84 Å². The summed E-state index contributed by atoms with van der Waals surface area (Å²) in [6, 6.07) is 0. The van der Waals surface area contributed by atoms with Crippen LogP contribution in [0.5, 0.6) is 0 Å². The van der Waals surface area contributed by atoms with E-state index in [1.54, 1.807) is 7.11 Å². The minimum Gasteiger partial charge on any atom is -0.392 e. The minimum absolute atomic E-state index is 0.136. The van der Waals surface area contributed by atoms with Crippen LogP contribution in [-0.4, -0.2) is 35.9 Å². The van der Waals surface area contributed by atoms with Gasteiger partial charge in [0.1, 0.15) is 0 Å². The number of aliphatic hydroxyl groups excluding tert-OH is 1. The average Bonchev–Trinajstić information content (AvgIpc) is 2.65. The van der Waals surface area contributed by atoms with Crippen molar-refractivity contribution in [1.29, 1.82) is 0 Å². The van der Waals surface area contributed by atoms with Crippen LogP contribution in [0, 0.1) is 5.92 Å². The molecule has 1 heterocycles. The van der Waals surface area contributed by atoms with Gasteiger partial charge in [-0.1, -0.05) is 6.92 Å². The van der Waals surface area contributed by atoms with Crippen LogP contribution in [0.3, 0.4) is 0 Å². The molecule has 0 aromatic carbocycles. The van der Waals surface area contributed by atoms with E-state index in [-0.39, 0.29) is 6.10 Å². The van der Waals surface area contributed by atoms with Crippen molar-refractivity contribution in [3.8, 4) is 0 Å². The molecule has 2 nitrogen and oxygen atoms in total. The smallest absolute Gasteiger partial charge is 0.0685 e. The molecule has 0 aromatic heterocycles. The van der Waals surface area contributed by atoms with Crippen LogP contribution in [0.4, 0.5) is 0 Å². The van der Waals surface area contributed by atoms with Gasteiger partial charge in [-0.15, -0.1) is 0 Å². The molecule has 78 valence electrons. The third-order valence-corrected chi connectivity index (χ3v) is 4.17. The molecule has 3 atom stereocenters. The Morgan fingerprint density at radius 1 is 1.62 bits per heavy atom. The number of rotatable bonds is 5. The molecular weight excluding hydrogens is 184 g/mol. The van der Waals surface area contributed by atoms with E-state index in [2.05, 4.69) is 6.92 Å². The summed E-state index contributed by atoms with van der Waals surface area (Å²) in [7, 11) is 1.71. The number of methoxy groups -OCH3 is 1. The Bertz CT molecular complexity index is 135. The maximum atomic E-state index is 9.97. The normalized spacial score (nSPS) is 27.5. The SMILES string of the molecule is COCCC(C)C(O)C1CCCS1. The first-order valence-electron chi connectivity index (χ1n) is 5.04. The molecule has 0 bridgehead atoms. The molecule has 1 aliphatic rings. The largest absolute Gasteiger partial charge is 0.392 e. The van der Waals surface area contributed by atoms with Crippen LogP contribution >= 0.6 is 11.8 Å². The van der Waals surface area contributed by atoms with Crippen molar-refractivity contribution >= 4 is 11.8 Å². The second kappa shape index (κ2) is 5.89. The summed E-state index contributed by atoms with van der Waals surface area (Å²) in [5.41, 5.74) is 0. The van der Waals surface area contributed by atoms with Crippen molar-refractivity contribution in [2.75, 3.05) is 19.5 Å².